The third kappa shape index (κ3) is 4.04. The van der Waals surface area contributed by atoms with Gasteiger partial charge in [0.25, 0.3) is 0 Å². The van der Waals surface area contributed by atoms with Gasteiger partial charge in [-0.2, -0.15) is 0 Å². The molecular weight excluding hydrogens is 464 g/mol. The van der Waals surface area contributed by atoms with Gasteiger partial charge in [-0.15, -0.1) is 11.3 Å². The van der Waals surface area contributed by atoms with Crippen LogP contribution >= 0.6 is 22.9 Å². The second-order valence-corrected chi connectivity index (χ2v) is 11.7. The molecule has 5 heterocycles. The molecule has 10 heteroatoms. The van der Waals surface area contributed by atoms with Crippen LogP contribution in [-0.4, -0.2) is 89.3 Å². The van der Waals surface area contributed by atoms with Crippen LogP contribution in [0.15, 0.2) is 22.7 Å². The van der Waals surface area contributed by atoms with E-state index in [1.807, 2.05) is 32.3 Å². The van der Waals surface area contributed by atoms with Crippen molar-refractivity contribution in [2.75, 3.05) is 46.9 Å². The Kier molecular flexibility index (Phi) is 6.11. The highest BCUT2D eigenvalue weighted by molar-refractivity contribution is 7.19. The Balaban J connectivity index is 1.37. The minimum absolute atomic E-state index is 0.0365. The summed E-state index contributed by atoms with van der Waals surface area (Å²) in [6.45, 7) is 2.85. The molecule has 2 aromatic heterocycles. The zero-order chi connectivity index (χ0) is 23.3. The summed E-state index contributed by atoms with van der Waals surface area (Å²) in [5.74, 6) is -0.196. The highest BCUT2D eigenvalue weighted by Gasteiger charge is 2.63. The number of likely N-dealkylation sites (tertiary alicyclic amines) is 1. The van der Waals surface area contributed by atoms with Crippen LogP contribution in [0.5, 0.6) is 0 Å². The molecule has 0 aliphatic carbocycles. The Morgan fingerprint density at radius 1 is 1.24 bits per heavy atom. The number of carbonyl (C=O) groups is 2. The molecule has 3 fully saturated rings. The molecule has 2 amide bonds. The lowest BCUT2D eigenvalue weighted by Gasteiger charge is -2.30. The number of aliphatic hydroxyl groups excluding tert-OH is 1. The fourth-order valence-corrected chi connectivity index (χ4v) is 6.86. The number of fused-ring (bicyclic) bond motifs is 3. The maximum Gasteiger partial charge on any atom is 0.235 e. The third-order valence-corrected chi connectivity index (χ3v) is 8.69. The van der Waals surface area contributed by atoms with E-state index < -0.39 is 5.92 Å². The Morgan fingerprint density at radius 3 is 2.76 bits per heavy atom. The van der Waals surface area contributed by atoms with Crippen LogP contribution in [0.3, 0.4) is 0 Å². The Morgan fingerprint density at radius 2 is 2.03 bits per heavy atom. The molecule has 178 valence electrons. The molecule has 2 aromatic rings. The van der Waals surface area contributed by atoms with Crippen LogP contribution in [0.25, 0.3) is 10.6 Å². The molecule has 8 nitrogen and oxygen atoms in total. The van der Waals surface area contributed by atoms with Crippen LogP contribution in [0.4, 0.5) is 0 Å². The van der Waals surface area contributed by atoms with Gasteiger partial charge in [0.05, 0.1) is 54.3 Å². The van der Waals surface area contributed by atoms with E-state index in [9.17, 15) is 14.7 Å². The smallest absolute Gasteiger partial charge is 0.235 e. The number of imide groups is 1. The molecular formula is C23H30ClN4O4S+. The summed E-state index contributed by atoms with van der Waals surface area (Å²) < 4.78 is 6.97. The van der Waals surface area contributed by atoms with Crippen molar-refractivity contribution in [2.24, 2.45) is 11.8 Å². The van der Waals surface area contributed by atoms with Gasteiger partial charge < -0.3 is 14.1 Å². The van der Waals surface area contributed by atoms with E-state index in [0.29, 0.717) is 27.7 Å². The molecule has 0 bridgehead atoms. The van der Waals surface area contributed by atoms with Gasteiger partial charge >= 0.3 is 0 Å². The third-order valence-electron chi connectivity index (χ3n) is 7.44. The van der Waals surface area contributed by atoms with Crippen LogP contribution in [0.2, 0.25) is 4.34 Å². The molecule has 4 atom stereocenters. The van der Waals surface area contributed by atoms with E-state index in [4.69, 9.17) is 16.1 Å². The lowest BCUT2D eigenvalue weighted by Crippen LogP contribution is -2.45. The number of aromatic nitrogens is 1. The molecule has 3 aliphatic heterocycles. The number of carbonyl (C=O) groups excluding carboxylic acids is 2. The monoisotopic (exact) mass is 493 g/mol. The van der Waals surface area contributed by atoms with Crippen molar-refractivity contribution in [2.45, 2.75) is 31.3 Å². The van der Waals surface area contributed by atoms with Crippen molar-refractivity contribution in [3.8, 4) is 10.6 Å². The van der Waals surface area contributed by atoms with Crippen molar-refractivity contribution in [3.05, 3.63) is 28.2 Å². The number of rotatable bonds is 8. The average Bonchev–Trinajstić information content (AvgIpc) is 3.54. The molecule has 0 aromatic carbocycles. The Hall–Kier alpha value is -1.78. The summed E-state index contributed by atoms with van der Waals surface area (Å²) in [7, 11) is 4.10. The maximum absolute atomic E-state index is 13.5. The van der Waals surface area contributed by atoms with Gasteiger partial charge in [-0.3, -0.25) is 19.4 Å². The quantitative estimate of drug-likeness (QED) is 0.449. The number of halogens is 1. The normalized spacial score (nSPS) is 27.6. The van der Waals surface area contributed by atoms with Crippen molar-refractivity contribution < 1.29 is 23.7 Å². The maximum atomic E-state index is 13.5. The summed E-state index contributed by atoms with van der Waals surface area (Å²) in [6.07, 6.45) is 2.66. The molecule has 3 aliphatic rings. The first kappa shape index (κ1) is 23.0. The van der Waals surface area contributed by atoms with E-state index in [-0.39, 0.29) is 36.4 Å². The molecule has 0 saturated carbocycles. The summed E-state index contributed by atoms with van der Waals surface area (Å²) in [5, 5.41) is 13.6. The molecule has 1 N–H and O–H groups in total. The van der Waals surface area contributed by atoms with E-state index >= 15 is 0 Å². The first-order chi connectivity index (χ1) is 15.8. The topological polar surface area (TPSA) is 86.9 Å². The zero-order valence-electron chi connectivity index (χ0n) is 18.9. The number of quaternary nitrogens is 1. The van der Waals surface area contributed by atoms with Crippen LogP contribution in [0.1, 0.15) is 31.0 Å². The minimum Gasteiger partial charge on any atom is -0.391 e. The van der Waals surface area contributed by atoms with E-state index in [1.54, 1.807) is 0 Å². The number of aliphatic hydroxyl groups is 1. The molecule has 5 rings (SSSR count). The predicted octanol–water partition coefficient (Wildman–Crippen LogP) is 2.64. The zero-order valence-corrected chi connectivity index (χ0v) is 20.5. The average molecular weight is 494 g/mol. The van der Waals surface area contributed by atoms with Crippen LogP contribution in [0, 0.1) is 11.8 Å². The predicted molar refractivity (Wildman–Crippen MR) is 125 cm³/mol. The fourth-order valence-electron chi connectivity index (χ4n) is 5.87. The number of likely N-dealkylation sites (N-methyl/N-ethyl adjacent to an activating group) is 1. The summed E-state index contributed by atoms with van der Waals surface area (Å²) in [6, 6.07) is 5.47. The molecule has 33 heavy (non-hydrogen) atoms. The number of thiophene rings is 1. The van der Waals surface area contributed by atoms with Gasteiger partial charge in [0.2, 0.25) is 11.8 Å². The summed E-state index contributed by atoms with van der Waals surface area (Å²) in [4.78, 5) is 31.6. The number of hydrogen-bond acceptors (Lipinski definition) is 7. The van der Waals surface area contributed by atoms with Gasteiger partial charge in [0, 0.05) is 25.1 Å². The van der Waals surface area contributed by atoms with Crippen molar-refractivity contribution >= 4 is 34.8 Å². The first-order valence-corrected chi connectivity index (χ1v) is 12.8. The summed E-state index contributed by atoms with van der Waals surface area (Å²) in [5.41, 5.74) is 0.720. The van der Waals surface area contributed by atoms with E-state index in [1.165, 1.54) is 16.2 Å². The molecule has 0 radical (unpaired) electrons. The van der Waals surface area contributed by atoms with Crippen molar-refractivity contribution in [1.82, 2.24) is 15.0 Å². The minimum atomic E-state index is -0.410. The number of nitrogens with zero attached hydrogens (tertiary/aromatic N) is 4. The highest BCUT2D eigenvalue weighted by atomic mass is 35.5. The van der Waals surface area contributed by atoms with E-state index in [0.717, 1.165) is 42.9 Å². The van der Waals surface area contributed by atoms with Crippen molar-refractivity contribution in [1.29, 1.82) is 0 Å². The standard InChI is InChI=1S/C23H30ClN4O4S/c1-28(2,11-12-29)10-4-9-27-22(30)19-15-5-3-8-26(15)21(20(19)23(27)31)14-13-16(32-25-14)17-6-7-18(24)33-17/h6-7,13,15,19-21,29H,3-5,8-12H2,1-2H3/q+1/t15-,19-,20-,21-/m0/s1. The second kappa shape index (κ2) is 8.78. The van der Waals surface area contributed by atoms with Gasteiger partial charge in [-0.25, -0.2) is 0 Å². The lowest BCUT2D eigenvalue weighted by atomic mass is 9.86. The van der Waals surface area contributed by atoms with E-state index in [2.05, 4.69) is 10.1 Å². The Labute approximate surface area is 202 Å². The lowest BCUT2D eigenvalue weighted by molar-refractivity contribution is -0.890. The molecule has 0 unspecified atom stereocenters. The number of amides is 2. The molecule has 0 spiro atoms. The van der Waals surface area contributed by atoms with Crippen LogP contribution < -0.4 is 0 Å². The van der Waals surface area contributed by atoms with Gasteiger partial charge in [-0.1, -0.05) is 16.8 Å². The largest absolute Gasteiger partial charge is 0.391 e. The van der Waals surface area contributed by atoms with Crippen molar-refractivity contribution in [3.63, 3.8) is 0 Å². The highest BCUT2D eigenvalue weighted by Crippen LogP contribution is 2.53. The van der Waals surface area contributed by atoms with Crippen LogP contribution in [-0.2, 0) is 9.59 Å². The Bertz CT molecular complexity index is 1050. The molecule has 3 saturated heterocycles. The van der Waals surface area contributed by atoms with Gasteiger partial charge in [0.15, 0.2) is 5.76 Å². The van der Waals surface area contributed by atoms with Gasteiger partial charge in [0.1, 0.15) is 12.2 Å². The van der Waals surface area contributed by atoms with Gasteiger partial charge in [-0.05, 0) is 31.5 Å². The first-order valence-electron chi connectivity index (χ1n) is 11.6. The number of hydrogen-bond donors (Lipinski definition) is 1. The second-order valence-electron chi connectivity index (χ2n) is 9.95. The fraction of sp³-hybridized carbons (Fsp3) is 0.609. The summed E-state index contributed by atoms with van der Waals surface area (Å²) >= 11 is 7.50. The SMILES string of the molecule is C[N+](C)(CCO)CCCN1C(=O)[C@@H]2[C@H](C1=O)[C@H](c1cc(-c3ccc(Cl)s3)on1)N1CCC[C@@H]21.